The van der Waals surface area contributed by atoms with Crippen LogP contribution in [0.1, 0.15) is 20.9 Å². The molecule has 0 aliphatic carbocycles. The van der Waals surface area contributed by atoms with Crippen LogP contribution in [-0.4, -0.2) is 15.7 Å². The number of carbonyl (C=O) groups excluding carboxylic acids is 1. The van der Waals surface area contributed by atoms with Crippen molar-refractivity contribution in [2.45, 2.75) is 13.5 Å². The summed E-state index contributed by atoms with van der Waals surface area (Å²) in [7, 11) is 1.87. The van der Waals surface area contributed by atoms with Crippen molar-refractivity contribution in [1.82, 2.24) is 15.1 Å². The predicted octanol–water partition coefficient (Wildman–Crippen LogP) is 1.30. The molecule has 2 heterocycles. The Morgan fingerprint density at radius 2 is 2.41 bits per heavy atom. The topological polar surface area (TPSA) is 72.9 Å². The molecule has 0 radical (unpaired) electrons. The van der Waals surface area contributed by atoms with Gasteiger partial charge in [0.25, 0.3) is 5.91 Å². The summed E-state index contributed by atoms with van der Waals surface area (Å²) in [6, 6.07) is 1.73. The number of nitrogens with one attached hydrogen (secondary N) is 1. The van der Waals surface area contributed by atoms with Crippen molar-refractivity contribution in [3.63, 3.8) is 0 Å². The number of nitrogen functional groups attached to an aromatic ring is 1. The van der Waals surface area contributed by atoms with Crippen LogP contribution in [0.15, 0.2) is 17.6 Å². The van der Waals surface area contributed by atoms with Crippen molar-refractivity contribution in [2.75, 3.05) is 5.73 Å². The average molecular weight is 250 g/mol. The maximum atomic E-state index is 11.8. The van der Waals surface area contributed by atoms with Gasteiger partial charge in [-0.3, -0.25) is 9.48 Å². The molecule has 0 bridgehead atoms. The SMILES string of the molecule is Cc1c(CNC(=O)c2sccc2N)cnn1C. The largest absolute Gasteiger partial charge is 0.397 e. The summed E-state index contributed by atoms with van der Waals surface area (Å²) >= 11 is 1.34. The van der Waals surface area contributed by atoms with Crippen LogP contribution < -0.4 is 11.1 Å². The van der Waals surface area contributed by atoms with Crippen LogP contribution in [-0.2, 0) is 13.6 Å². The number of carbonyl (C=O) groups is 1. The highest BCUT2D eigenvalue weighted by atomic mass is 32.1. The lowest BCUT2D eigenvalue weighted by Crippen LogP contribution is -2.22. The molecule has 0 spiro atoms. The smallest absolute Gasteiger partial charge is 0.263 e. The summed E-state index contributed by atoms with van der Waals surface area (Å²) in [5.74, 6) is -0.138. The van der Waals surface area contributed by atoms with Crippen LogP contribution in [0.3, 0.4) is 0 Å². The van der Waals surface area contributed by atoms with E-state index in [0.717, 1.165) is 11.3 Å². The second-order valence-electron chi connectivity index (χ2n) is 3.77. The van der Waals surface area contributed by atoms with Gasteiger partial charge in [-0.2, -0.15) is 5.10 Å². The standard InChI is InChI=1S/C11H14N4OS/c1-7-8(6-14-15(7)2)5-13-11(16)10-9(12)3-4-17-10/h3-4,6H,5,12H2,1-2H3,(H,13,16). The number of amides is 1. The molecule has 2 rings (SSSR count). The lowest BCUT2D eigenvalue weighted by Gasteiger charge is -2.04. The molecule has 3 N–H and O–H groups in total. The zero-order valence-electron chi connectivity index (χ0n) is 9.73. The Morgan fingerprint density at radius 3 is 2.94 bits per heavy atom. The van der Waals surface area contributed by atoms with E-state index in [9.17, 15) is 4.79 Å². The number of aromatic nitrogens is 2. The molecule has 5 nitrogen and oxygen atoms in total. The first kappa shape index (κ1) is 11.7. The number of rotatable bonds is 3. The van der Waals surface area contributed by atoms with E-state index < -0.39 is 0 Å². The van der Waals surface area contributed by atoms with Gasteiger partial charge in [-0.15, -0.1) is 11.3 Å². The minimum atomic E-state index is -0.138. The molecule has 2 aromatic heterocycles. The van der Waals surface area contributed by atoms with Crippen molar-refractivity contribution in [3.05, 3.63) is 33.8 Å². The van der Waals surface area contributed by atoms with Crippen LogP contribution in [0.5, 0.6) is 0 Å². The Labute approximate surface area is 103 Å². The van der Waals surface area contributed by atoms with E-state index in [1.54, 1.807) is 22.3 Å². The van der Waals surface area contributed by atoms with Crippen molar-refractivity contribution < 1.29 is 4.79 Å². The summed E-state index contributed by atoms with van der Waals surface area (Å²) in [6.07, 6.45) is 1.76. The summed E-state index contributed by atoms with van der Waals surface area (Å²) < 4.78 is 1.78. The fourth-order valence-electron chi connectivity index (χ4n) is 1.48. The highest BCUT2D eigenvalue weighted by Gasteiger charge is 2.11. The van der Waals surface area contributed by atoms with E-state index in [1.165, 1.54) is 11.3 Å². The predicted molar refractivity (Wildman–Crippen MR) is 67.8 cm³/mol. The third-order valence-corrected chi connectivity index (χ3v) is 3.61. The minimum absolute atomic E-state index is 0.138. The van der Waals surface area contributed by atoms with Gasteiger partial charge >= 0.3 is 0 Å². The maximum absolute atomic E-state index is 11.8. The minimum Gasteiger partial charge on any atom is -0.397 e. The molecule has 0 fully saturated rings. The molecular formula is C11H14N4OS. The number of thiophene rings is 1. The molecule has 6 heteroatoms. The zero-order valence-corrected chi connectivity index (χ0v) is 10.5. The van der Waals surface area contributed by atoms with Crippen molar-refractivity contribution in [2.24, 2.45) is 7.05 Å². The van der Waals surface area contributed by atoms with Crippen molar-refractivity contribution in [3.8, 4) is 0 Å². The molecule has 0 aromatic carbocycles. The second kappa shape index (κ2) is 4.58. The lowest BCUT2D eigenvalue weighted by atomic mass is 10.2. The first-order valence-electron chi connectivity index (χ1n) is 5.18. The van der Waals surface area contributed by atoms with Gasteiger partial charge < -0.3 is 11.1 Å². The van der Waals surface area contributed by atoms with Crippen molar-refractivity contribution in [1.29, 1.82) is 0 Å². The fraction of sp³-hybridized carbons (Fsp3) is 0.273. The third-order valence-electron chi connectivity index (χ3n) is 2.68. The summed E-state index contributed by atoms with van der Waals surface area (Å²) in [5.41, 5.74) is 8.26. The average Bonchev–Trinajstić information content (AvgIpc) is 2.85. The van der Waals surface area contributed by atoms with E-state index in [0.29, 0.717) is 17.1 Å². The highest BCUT2D eigenvalue weighted by molar-refractivity contribution is 7.12. The molecule has 0 aliphatic heterocycles. The van der Waals surface area contributed by atoms with E-state index in [2.05, 4.69) is 10.4 Å². The number of hydrogen-bond acceptors (Lipinski definition) is 4. The number of hydrogen-bond donors (Lipinski definition) is 2. The first-order chi connectivity index (χ1) is 8.09. The lowest BCUT2D eigenvalue weighted by molar-refractivity contribution is 0.0955. The molecule has 0 saturated carbocycles. The molecule has 0 saturated heterocycles. The fourth-order valence-corrected chi connectivity index (χ4v) is 2.21. The number of nitrogens with two attached hydrogens (primary N) is 1. The van der Waals surface area contributed by atoms with Gasteiger partial charge in [-0.1, -0.05) is 0 Å². The number of nitrogens with zero attached hydrogens (tertiary/aromatic N) is 2. The quantitative estimate of drug-likeness (QED) is 0.862. The van der Waals surface area contributed by atoms with Crippen LogP contribution >= 0.6 is 11.3 Å². The van der Waals surface area contributed by atoms with E-state index in [-0.39, 0.29) is 5.91 Å². The Kier molecular flexibility index (Phi) is 3.14. The second-order valence-corrected chi connectivity index (χ2v) is 4.68. The number of anilines is 1. The highest BCUT2D eigenvalue weighted by Crippen LogP contribution is 2.18. The van der Waals surface area contributed by atoms with Gasteiger partial charge in [0, 0.05) is 24.8 Å². The van der Waals surface area contributed by atoms with Crippen LogP contribution in [0.2, 0.25) is 0 Å². The molecule has 1 amide bonds. The van der Waals surface area contributed by atoms with E-state index in [1.807, 2.05) is 14.0 Å². The van der Waals surface area contributed by atoms with Crippen LogP contribution in [0.25, 0.3) is 0 Å². The van der Waals surface area contributed by atoms with Crippen LogP contribution in [0.4, 0.5) is 5.69 Å². The van der Waals surface area contributed by atoms with Gasteiger partial charge in [-0.05, 0) is 18.4 Å². The summed E-state index contributed by atoms with van der Waals surface area (Å²) in [4.78, 5) is 12.4. The number of aryl methyl sites for hydroxylation is 1. The van der Waals surface area contributed by atoms with Gasteiger partial charge in [0.05, 0.1) is 11.9 Å². The van der Waals surface area contributed by atoms with Gasteiger partial charge in [-0.25, -0.2) is 0 Å². The normalized spacial score (nSPS) is 10.5. The monoisotopic (exact) mass is 250 g/mol. The molecular weight excluding hydrogens is 236 g/mol. The first-order valence-corrected chi connectivity index (χ1v) is 6.06. The molecule has 17 heavy (non-hydrogen) atoms. The van der Waals surface area contributed by atoms with E-state index >= 15 is 0 Å². The molecule has 0 aliphatic rings. The molecule has 2 aromatic rings. The van der Waals surface area contributed by atoms with E-state index in [4.69, 9.17) is 5.73 Å². The third kappa shape index (κ3) is 2.31. The van der Waals surface area contributed by atoms with Gasteiger partial charge in [0.15, 0.2) is 0 Å². The molecule has 0 unspecified atom stereocenters. The maximum Gasteiger partial charge on any atom is 0.263 e. The molecule has 90 valence electrons. The Balaban J connectivity index is 2.02. The van der Waals surface area contributed by atoms with Gasteiger partial charge in [0.2, 0.25) is 0 Å². The Morgan fingerprint density at radius 1 is 1.65 bits per heavy atom. The summed E-state index contributed by atoms with van der Waals surface area (Å²) in [5, 5.41) is 8.76. The van der Waals surface area contributed by atoms with Crippen LogP contribution in [0, 0.1) is 6.92 Å². The zero-order chi connectivity index (χ0) is 12.4. The van der Waals surface area contributed by atoms with Gasteiger partial charge in [0.1, 0.15) is 4.88 Å². The molecule has 0 atom stereocenters. The summed E-state index contributed by atoms with van der Waals surface area (Å²) in [6.45, 7) is 2.43. The Bertz CT molecular complexity index is 543. The Hall–Kier alpha value is -1.82. The van der Waals surface area contributed by atoms with Crippen molar-refractivity contribution >= 4 is 22.9 Å².